The smallest absolute Gasteiger partial charge is 0.320 e. The molecule has 0 bridgehead atoms. The van der Waals surface area contributed by atoms with Crippen LogP contribution in [0.15, 0.2) is 25.3 Å². The van der Waals surface area contributed by atoms with E-state index in [1.807, 2.05) is 6.92 Å². The molecule has 1 rings (SSSR count). The first-order valence-corrected chi connectivity index (χ1v) is 6.51. The van der Waals surface area contributed by atoms with E-state index in [-0.39, 0.29) is 18.0 Å². The van der Waals surface area contributed by atoms with Gasteiger partial charge in [-0.1, -0.05) is 12.2 Å². The van der Waals surface area contributed by atoms with E-state index < -0.39 is 5.97 Å². The summed E-state index contributed by atoms with van der Waals surface area (Å²) in [6, 6.07) is -0.129. The molecule has 0 aromatic heterocycles. The minimum Gasteiger partial charge on any atom is -0.481 e. The van der Waals surface area contributed by atoms with Crippen molar-refractivity contribution in [3.8, 4) is 0 Å². The number of piperidine rings is 1. The number of aliphatic carboxylic acids is 1. The highest BCUT2D eigenvalue weighted by Crippen LogP contribution is 2.24. The predicted octanol–water partition coefficient (Wildman–Crippen LogP) is 1.97. The summed E-state index contributed by atoms with van der Waals surface area (Å²) in [5.74, 6) is -1.11. The summed E-state index contributed by atoms with van der Waals surface area (Å²) in [6.45, 7) is 10.6. The van der Waals surface area contributed by atoms with E-state index in [4.69, 9.17) is 5.11 Å². The molecule has 5 nitrogen and oxygen atoms in total. The van der Waals surface area contributed by atoms with Gasteiger partial charge in [-0.15, -0.1) is 13.2 Å². The van der Waals surface area contributed by atoms with Crippen molar-refractivity contribution in [1.29, 1.82) is 0 Å². The number of hydrogen-bond donors (Lipinski definition) is 1. The van der Waals surface area contributed by atoms with Crippen molar-refractivity contribution in [3.63, 3.8) is 0 Å². The largest absolute Gasteiger partial charge is 0.481 e. The van der Waals surface area contributed by atoms with Gasteiger partial charge in [-0.3, -0.25) is 4.79 Å². The van der Waals surface area contributed by atoms with E-state index in [2.05, 4.69) is 13.2 Å². The highest BCUT2D eigenvalue weighted by Gasteiger charge is 2.33. The Morgan fingerprint density at radius 3 is 2.37 bits per heavy atom. The number of likely N-dealkylation sites (tertiary alicyclic amines) is 1. The second kappa shape index (κ2) is 6.97. The van der Waals surface area contributed by atoms with Crippen molar-refractivity contribution in [2.24, 2.45) is 5.92 Å². The Labute approximate surface area is 114 Å². The number of amides is 2. The maximum absolute atomic E-state index is 12.4. The van der Waals surface area contributed by atoms with Crippen LogP contribution in [0, 0.1) is 5.92 Å². The van der Waals surface area contributed by atoms with Gasteiger partial charge in [-0.25, -0.2) is 4.79 Å². The first-order valence-electron chi connectivity index (χ1n) is 6.51. The van der Waals surface area contributed by atoms with E-state index in [0.29, 0.717) is 32.5 Å². The van der Waals surface area contributed by atoms with Crippen LogP contribution in [0.4, 0.5) is 4.79 Å². The highest BCUT2D eigenvalue weighted by molar-refractivity contribution is 5.76. The quantitative estimate of drug-likeness (QED) is 0.774. The molecule has 1 N–H and O–H groups in total. The zero-order valence-electron chi connectivity index (χ0n) is 11.4. The SMILES string of the molecule is C=CCN(CC=C)C(=O)N1CCC(C(=O)O)CC1C. The van der Waals surface area contributed by atoms with Crippen LogP contribution >= 0.6 is 0 Å². The zero-order chi connectivity index (χ0) is 14.4. The number of carboxylic acid groups (broad SMARTS) is 1. The van der Waals surface area contributed by atoms with Crippen LogP contribution in [-0.4, -0.2) is 52.6 Å². The minimum absolute atomic E-state index is 0.0560. The predicted molar refractivity (Wildman–Crippen MR) is 73.9 cm³/mol. The van der Waals surface area contributed by atoms with Crippen LogP contribution in [0.3, 0.4) is 0 Å². The summed E-state index contributed by atoms with van der Waals surface area (Å²) in [6.07, 6.45) is 4.38. The van der Waals surface area contributed by atoms with Crippen molar-refractivity contribution >= 4 is 12.0 Å². The summed E-state index contributed by atoms with van der Waals surface area (Å²) < 4.78 is 0. The lowest BCUT2D eigenvalue weighted by atomic mass is 9.92. The molecule has 0 aromatic carbocycles. The first kappa shape index (κ1) is 15.3. The van der Waals surface area contributed by atoms with Gasteiger partial charge in [0.25, 0.3) is 0 Å². The van der Waals surface area contributed by atoms with Crippen molar-refractivity contribution in [3.05, 3.63) is 25.3 Å². The van der Waals surface area contributed by atoms with E-state index in [1.54, 1.807) is 22.0 Å². The molecule has 1 aliphatic rings. The van der Waals surface area contributed by atoms with Crippen LogP contribution in [0.2, 0.25) is 0 Å². The Bertz CT molecular complexity index is 358. The maximum Gasteiger partial charge on any atom is 0.320 e. The van der Waals surface area contributed by atoms with Crippen molar-refractivity contribution in [2.45, 2.75) is 25.8 Å². The number of carboxylic acids is 1. The first-order chi connectivity index (χ1) is 9.01. The van der Waals surface area contributed by atoms with Gasteiger partial charge in [-0.2, -0.15) is 0 Å². The minimum atomic E-state index is -0.770. The van der Waals surface area contributed by atoms with Gasteiger partial charge in [0.05, 0.1) is 5.92 Å². The summed E-state index contributed by atoms with van der Waals surface area (Å²) in [5.41, 5.74) is 0. The van der Waals surface area contributed by atoms with Gasteiger partial charge in [0.2, 0.25) is 0 Å². The Balaban J connectivity index is 2.68. The fraction of sp³-hybridized carbons (Fsp3) is 0.571. The van der Waals surface area contributed by atoms with Crippen LogP contribution in [0.5, 0.6) is 0 Å². The molecular weight excluding hydrogens is 244 g/mol. The van der Waals surface area contributed by atoms with E-state index in [1.165, 1.54) is 0 Å². The Hall–Kier alpha value is -1.78. The number of rotatable bonds is 5. The lowest BCUT2D eigenvalue weighted by Crippen LogP contribution is -2.51. The molecule has 5 heteroatoms. The molecule has 2 unspecified atom stereocenters. The number of hydrogen-bond acceptors (Lipinski definition) is 2. The molecule has 106 valence electrons. The summed E-state index contributed by atoms with van der Waals surface area (Å²) >= 11 is 0. The van der Waals surface area contributed by atoms with E-state index in [0.717, 1.165) is 0 Å². The molecule has 1 saturated heterocycles. The molecule has 0 aliphatic carbocycles. The second-order valence-corrected chi connectivity index (χ2v) is 4.87. The fourth-order valence-electron chi connectivity index (χ4n) is 2.40. The molecule has 0 saturated carbocycles. The summed E-state index contributed by atoms with van der Waals surface area (Å²) in [7, 11) is 0. The van der Waals surface area contributed by atoms with Crippen molar-refractivity contribution in [1.82, 2.24) is 9.80 Å². The third-order valence-electron chi connectivity index (χ3n) is 3.44. The Kier molecular flexibility index (Phi) is 5.60. The normalized spacial score (nSPS) is 22.7. The van der Waals surface area contributed by atoms with Gasteiger partial charge >= 0.3 is 12.0 Å². The summed E-state index contributed by atoms with van der Waals surface area (Å²) in [4.78, 5) is 26.7. The van der Waals surface area contributed by atoms with Gasteiger partial charge in [-0.05, 0) is 19.8 Å². The maximum atomic E-state index is 12.4. The molecular formula is C14H22N2O3. The van der Waals surface area contributed by atoms with Gasteiger partial charge < -0.3 is 14.9 Å². The molecule has 2 atom stereocenters. The average Bonchev–Trinajstić information content (AvgIpc) is 2.37. The fourth-order valence-corrected chi connectivity index (χ4v) is 2.40. The molecule has 19 heavy (non-hydrogen) atoms. The highest BCUT2D eigenvalue weighted by atomic mass is 16.4. The van der Waals surface area contributed by atoms with E-state index in [9.17, 15) is 9.59 Å². The van der Waals surface area contributed by atoms with Gasteiger partial charge in [0.1, 0.15) is 0 Å². The second-order valence-electron chi connectivity index (χ2n) is 4.87. The Morgan fingerprint density at radius 1 is 1.37 bits per heavy atom. The van der Waals surface area contributed by atoms with E-state index >= 15 is 0 Å². The van der Waals surface area contributed by atoms with Crippen LogP contribution in [0.1, 0.15) is 19.8 Å². The number of urea groups is 1. The van der Waals surface area contributed by atoms with Crippen LogP contribution < -0.4 is 0 Å². The number of carbonyl (C=O) groups is 2. The average molecular weight is 266 g/mol. The van der Waals surface area contributed by atoms with Crippen molar-refractivity contribution in [2.75, 3.05) is 19.6 Å². The third-order valence-corrected chi connectivity index (χ3v) is 3.44. The third kappa shape index (κ3) is 3.84. The number of nitrogens with zero attached hydrogens (tertiary/aromatic N) is 2. The molecule has 1 fully saturated rings. The van der Waals surface area contributed by atoms with Crippen molar-refractivity contribution < 1.29 is 14.7 Å². The van der Waals surface area contributed by atoms with Crippen LogP contribution in [-0.2, 0) is 4.79 Å². The van der Waals surface area contributed by atoms with Gasteiger partial charge in [0.15, 0.2) is 0 Å². The molecule has 2 amide bonds. The topological polar surface area (TPSA) is 60.9 Å². The number of carbonyl (C=O) groups excluding carboxylic acids is 1. The monoisotopic (exact) mass is 266 g/mol. The molecule has 0 spiro atoms. The van der Waals surface area contributed by atoms with Crippen LogP contribution in [0.25, 0.3) is 0 Å². The molecule has 0 aromatic rings. The molecule has 0 radical (unpaired) electrons. The zero-order valence-corrected chi connectivity index (χ0v) is 11.4. The summed E-state index contributed by atoms with van der Waals surface area (Å²) in [5, 5.41) is 9.02. The standard InChI is InChI=1S/C14H22N2O3/c1-4-7-15(8-5-2)14(19)16-9-6-12(13(17)18)10-11(16)3/h4-5,11-12H,1-2,6-10H2,3H3,(H,17,18). The Morgan fingerprint density at radius 2 is 1.95 bits per heavy atom. The molecule has 1 heterocycles. The van der Waals surface area contributed by atoms with Gasteiger partial charge in [0, 0.05) is 25.7 Å². The lowest BCUT2D eigenvalue weighted by Gasteiger charge is -2.39. The lowest BCUT2D eigenvalue weighted by molar-refractivity contribution is -0.143. The molecule has 1 aliphatic heterocycles.